The van der Waals surface area contributed by atoms with Gasteiger partial charge < -0.3 is 0 Å². The van der Waals surface area contributed by atoms with E-state index in [9.17, 15) is 8.42 Å². The Hall–Kier alpha value is -0.390. The first-order valence-electron chi connectivity index (χ1n) is 5.38. The summed E-state index contributed by atoms with van der Waals surface area (Å²) in [5, 5.41) is 0. The summed E-state index contributed by atoms with van der Waals surface area (Å²) in [5.41, 5.74) is 0.941. The number of rotatable bonds is 3. The highest BCUT2D eigenvalue weighted by atomic mass is 79.9. The number of sulfonamides is 1. The van der Waals surface area contributed by atoms with Gasteiger partial charge in [0.1, 0.15) is 0 Å². The predicted molar refractivity (Wildman–Crippen MR) is 73.5 cm³/mol. The van der Waals surface area contributed by atoms with Gasteiger partial charge in [-0.3, -0.25) is 0 Å². The van der Waals surface area contributed by atoms with Crippen LogP contribution in [0.5, 0.6) is 0 Å². The van der Waals surface area contributed by atoms with E-state index in [1.54, 1.807) is 18.2 Å². The molecule has 0 amide bonds. The maximum atomic E-state index is 12.1. The Morgan fingerprint density at radius 3 is 2.35 bits per heavy atom. The average Bonchev–Trinajstić information content (AvgIpc) is 2.13. The van der Waals surface area contributed by atoms with Crippen molar-refractivity contribution in [3.63, 3.8) is 0 Å². The molecule has 0 atom stereocenters. The lowest BCUT2D eigenvalue weighted by atomic mass is 9.98. The van der Waals surface area contributed by atoms with Crippen LogP contribution in [0.4, 0.5) is 0 Å². The van der Waals surface area contributed by atoms with Gasteiger partial charge >= 0.3 is 0 Å². The zero-order valence-corrected chi connectivity index (χ0v) is 12.9. The van der Waals surface area contributed by atoms with Gasteiger partial charge in [0.15, 0.2) is 0 Å². The summed E-state index contributed by atoms with van der Waals surface area (Å²) in [6.07, 6.45) is 0. The Bertz CT molecular complexity index is 504. The molecule has 1 N–H and O–H groups in total. The Balaban J connectivity index is 2.98. The Kier molecular flexibility index (Phi) is 4.38. The van der Waals surface area contributed by atoms with Crippen molar-refractivity contribution in [3.05, 3.63) is 28.2 Å². The van der Waals surface area contributed by atoms with Gasteiger partial charge in [-0.25, -0.2) is 13.1 Å². The molecule has 0 aliphatic rings. The molecule has 0 saturated heterocycles. The molecular weight excluding hydrogens is 302 g/mol. The molecule has 0 aromatic heterocycles. The first kappa shape index (κ1) is 14.7. The lowest BCUT2D eigenvalue weighted by molar-refractivity contribution is 0.407. The molecule has 5 heteroatoms. The smallest absolute Gasteiger partial charge is 0.211 e. The minimum Gasteiger partial charge on any atom is -0.211 e. The highest BCUT2D eigenvalue weighted by Gasteiger charge is 2.20. The van der Waals surface area contributed by atoms with Crippen LogP contribution < -0.4 is 4.72 Å². The fourth-order valence-corrected chi connectivity index (χ4v) is 3.69. The molecule has 96 valence electrons. The molecule has 0 unspecified atom stereocenters. The molecule has 0 heterocycles. The van der Waals surface area contributed by atoms with Gasteiger partial charge in [0, 0.05) is 11.0 Å². The van der Waals surface area contributed by atoms with Crippen molar-refractivity contribution in [3.8, 4) is 0 Å². The van der Waals surface area contributed by atoms with Gasteiger partial charge in [0.25, 0.3) is 0 Å². The van der Waals surface area contributed by atoms with Gasteiger partial charge in [0.05, 0.1) is 4.90 Å². The van der Waals surface area contributed by atoms with E-state index >= 15 is 0 Å². The first-order chi connectivity index (χ1) is 7.62. The van der Waals surface area contributed by atoms with Crippen molar-refractivity contribution < 1.29 is 8.42 Å². The highest BCUT2D eigenvalue weighted by Crippen LogP contribution is 2.23. The first-order valence-corrected chi connectivity index (χ1v) is 7.65. The van der Waals surface area contributed by atoms with Crippen molar-refractivity contribution in [2.24, 2.45) is 5.41 Å². The highest BCUT2D eigenvalue weighted by molar-refractivity contribution is 9.10. The molecule has 0 bridgehead atoms. The van der Waals surface area contributed by atoms with E-state index in [2.05, 4.69) is 20.7 Å². The minimum atomic E-state index is -3.44. The maximum absolute atomic E-state index is 12.1. The van der Waals surface area contributed by atoms with Crippen LogP contribution in [-0.2, 0) is 10.0 Å². The number of aryl methyl sites for hydroxylation is 1. The fourth-order valence-electron chi connectivity index (χ4n) is 1.21. The Morgan fingerprint density at radius 1 is 1.29 bits per heavy atom. The molecule has 0 aliphatic carbocycles. The van der Waals surface area contributed by atoms with Crippen molar-refractivity contribution >= 4 is 26.0 Å². The number of benzene rings is 1. The summed E-state index contributed by atoms with van der Waals surface area (Å²) < 4.78 is 27.4. The van der Waals surface area contributed by atoms with E-state index in [4.69, 9.17) is 0 Å². The Morgan fingerprint density at radius 2 is 1.88 bits per heavy atom. The van der Waals surface area contributed by atoms with E-state index in [0.717, 1.165) is 5.56 Å². The maximum Gasteiger partial charge on any atom is 0.241 e. The standard InChI is InChI=1S/C12H18BrNO2S/c1-9-5-6-11(10(13)7-9)17(15,16)14-8-12(2,3)4/h5-7,14H,8H2,1-4H3. The number of hydrogen-bond acceptors (Lipinski definition) is 2. The monoisotopic (exact) mass is 319 g/mol. The molecule has 0 fully saturated rings. The lowest BCUT2D eigenvalue weighted by Gasteiger charge is -2.19. The summed E-state index contributed by atoms with van der Waals surface area (Å²) in [6, 6.07) is 5.20. The molecule has 1 aromatic rings. The average molecular weight is 320 g/mol. The predicted octanol–water partition coefficient (Wildman–Crippen LogP) is 3.08. The van der Waals surface area contributed by atoms with E-state index in [1.807, 2.05) is 27.7 Å². The number of hydrogen-bond donors (Lipinski definition) is 1. The molecule has 0 aliphatic heterocycles. The molecular formula is C12H18BrNO2S. The van der Waals surface area contributed by atoms with E-state index in [0.29, 0.717) is 11.0 Å². The van der Waals surface area contributed by atoms with Crippen molar-refractivity contribution in [1.29, 1.82) is 0 Å². The zero-order valence-electron chi connectivity index (χ0n) is 10.5. The van der Waals surface area contributed by atoms with Crippen LogP contribution in [0.25, 0.3) is 0 Å². The van der Waals surface area contributed by atoms with E-state index in [1.165, 1.54) is 0 Å². The largest absolute Gasteiger partial charge is 0.241 e. The van der Waals surface area contributed by atoms with Crippen LogP contribution in [-0.4, -0.2) is 15.0 Å². The topological polar surface area (TPSA) is 46.2 Å². The molecule has 17 heavy (non-hydrogen) atoms. The van der Waals surface area contributed by atoms with Gasteiger partial charge in [0.2, 0.25) is 10.0 Å². The second kappa shape index (κ2) is 5.08. The second-order valence-corrected chi connectivity index (χ2v) is 7.91. The second-order valence-electron chi connectivity index (χ2n) is 5.32. The lowest BCUT2D eigenvalue weighted by Crippen LogP contribution is -2.32. The molecule has 1 aromatic carbocycles. The summed E-state index contributed by atoms with van der Waals surface area (Å²) in [6.45, 7) is 8.29. The van der Waals surface area contributed by atoms with Gasteiger partial charge in [-0.1, -0.05) is 26.8 Å². The third-order valence-electron chi connectivity index (χ3n) is 2.17. The van der Waals surface area contributed by atoms with E-state index < -0.39 is 10.0 Å². The van der Waals surface area contributed by atoms with Crippen LogP contribution in [0.15, 0.2) is 27.6 Å². The number of halogens is 1. The normalized spacial score (nSPS) is 12.8. The number of nitrogens with one attached hydrogen (secondary N) is 1. The van der Waals surface area contributed by atoms with Gasteiger partial charge in [-0.2, -0.15) is 0 Å². The van der Waals surface area contributed by atoms with Crippen LogP contribution in [0.1, 0.15) is 26.3 Å². The molecule has 3 nitrogen and oxygen atoms in total. The SMILES string of the molecule is Cc1ccc(S(=O)(=O)NCC(C)(C)C)c(Br)c1. The van der Waals surface area contributed by atoms with Crippen molar-refractivity contribution in [2.75, 3.05) is 6.54 Å². The van der Waals surface area contributed by atoms with Crippen LogP contribution >= 0.6 is 15.9 Å². The minimum absolute atomic E-state index is 0.0791. The van der Waals surface area contributed by atoms with Crippen molar-refractivity contribution in [2.45, 2.75) is 32.6 Å². The van der Waals surface area contributed by atoms with Crippen LogP contribution in [0.2, 0.25) is 0 Å². The molecule has 1 rings (SSSR count). The fraction of sp³-hybridized carbons (Fsp3) is 0.500. The van der Waals surface area contributed by atoms with E-state index in [-0.39, 0.29) is 10.3 Å². The summed E-state index contributed by atoms with van der Waals surface area (Å²) in [5.74, 6) is 0. The van der Waals surface area contributed by atoms with Crippen LogP contribution in [0, 0.1) is 12.3 Å². The van der Waals surface area contributed by atoms with Crippen LogP contribution in [0.3, 0.4) is 0 Å². The zero-order chi connectivity index (χ0) is 13.3. The molecule has 0 saturated carbocycles. The quantitative estimate of drug-likeness (QED) is 0.930. The van der Waals surface area contributed by atoms with Gasteiger partial charge in [-0.05, 0) is 46.0 Å². The van der Waals surface area contributed by atoms with Crippen molar-refractivity contribution in [1.82, 2.24) is 4.72 Å². The third kappa shape index (κ3) is 4.41. The summed E-state index contributed by atoms with van der Waals surface area (Å²) >= 11 is 3.28. The third-order valence-corrected chi connectivity index (χ3v) is 4.55. The molecule has 0 spiro atoms. The Labute approximate surface area is 112 Å². The molecule has 0 radical (unpaired) electrons. The van der Waals surface area contributed by atoms with Gasteiger partial charge in [-0.15, -0.1) is 0 Å². The summed E-state index contributed by atoms with van der Waals surface area (Å²) in [7, 11) is -3.44. The summed E-state index contributed by atoms with van der Waals surface area (Å²) in [4.78, 5) is 0.285.